The van der Waals surface area contributed by atoms with Crippen LogP contribution in [0.5, 0.6) is 0 Å². The lowest BCUT2D eigenvalue weighted by molar-refractivity contribution is -0.120. The molecular weight excluding hydrogens is 192 g/mol. The average molecular weight is 198 g/mol. The van der Waals surface area contributed by atoms with Gasteiger partial charge in [-0.2, -0.15) is 0 Å². The molecule has 1 aliphatic heterocycles. The van der Waals surface area contributed by atoms with Gasteiger partial charge in [0.2, 0.25) is 0 Å². The number of hydrogen-bond donors (Lipinski definition) is 3. The van der Waals surface area contributed by atoms with Crippen molar-refractivity contribution in [3.8, 4) is 0 Å². The molecule has 0 unspecified atom stereocenters. The Morgan fingerprint density at radius 1 is 1.54 bits per heavy atom. The molecule has 13 heavy (non-hydrogen) atoms. The van der Waals surface area contributed by atoms with Crippen LogP contribution < -0.4 is 16.4 Å². The summed E-state index contributed by atoms with van der Waals surface area (Å²) in [6.45, 7) is 0. The average Bonchev–Trinajstić information content (AvgIpc) is 2.58. The van der Waals surface area contributed by atoms with E-state index in [0.717, 1.165) is 0 Å². The van der Waals surface area contributed by atoms with Crippen LogP contribution in [0.15, 0.2) is 5.38 Å². The monoisotopic (exact) mass is 198 g/mol. The summed E-state index contributed by atoms with van der Waals surface area (Å²) in [5.74, 6) is -0.393. The van der Waals surface area contributed by atoms with Gasteiger partial charge in [-0.15, -0.1) is 11.3 Å². The van der Waals surface area contributed by atoms with Gasteiger partial charge in [-0.1, -0.05) is 0 Å². The quantitative estimate of drug-likeness (QED) is 0.535. The number of nitrogens with one attached hydrogen (secondary N) is 2. The summed E-state index contributed by atoms with van der Waals surface area (Å²) in [6.07, 6.45) is 0. The summed E-state index contributed by atoms with van der Waals surface area (Å²) < 4.78 is 0. The molecule has 0 bridgehead atoms. The van der Waals surface area contributed by atoms with E-state index in [1.54, 1.807) is 5.38 Å². The standard InChI is InChI=1S/C6H6N4O2S/c7-5-8-2(1-13-5)3-4(11)10-6(12)9-3/h1,3H,(H2,7,8)(H2,9,10,11,12)/t3-/m0/s1. The topological polar surface area (TPSA) is 97.1 Å². The molecular formula is C6H6N4O2S. The highest BCUT2D eigenvalue weighted by atomic mass is 32.1. The molecule has 1 atom stereocenters. The van der Waals surface area contributed by atoms with Crippen molar-refractivity contribution in [1.82, 2.24) is 15.6 Å². The third kappa shape index (κ3) is 1.33. The van der Waals surface area contributed by atoms with E-state index in [1.807, 2.05) is 0 Å². The second-order valence-electron chi connectivity index (χ2n) is 2.51. The van der Waals surface area contributed by atoms with Crippen molar-refractivity contribution in [2.45, 2.75) is 6.04 Å². The van der Waals surface area contributed by atoms with E-state index in [4.69, 9.17) is 5.73 Å². The Balaban J connectivity index is 2.27. The first-order chi connectivity index (χ1) is 6.16. The number of nitrogen functional groups attached to an aromatic ring is 1. The minimum atomic E-state index is -0.693. The molecule has 7 heteroatoms. The number of imide groups is 1. The number of aromatic nitrogens is 1. The van der Waals surface area contributed by atoms with Gasteiger partial charge in [-0.05, 0) is 0 Å². The second kappa shape index (κ2) is 2.70. The lowest BCUT2D eigenvalue weighted by Gasteiger charge is -2.00. The van der Waals surface area contributed by atoms with Crippen molar-refractivity contribution in [2.24, 2.45) is 0 Å². The highest BCUT2D eigenvalue weighted by molar-refractivity contribution is 7.13. The van der Waals surface area contributed by atoms with Gasteiger partial charge in [0, 0.05) is 5.38 Å². The molecule has 0 radical (unpaired) electrons. The van der Waals surface area contributed by atoms with E-state index < -0.39 is 18.0 Å². The molecule has 0 aromatic carbocycles. The van der Waals surface area contributed by atoms with Crippen molar-refractivity contribution >= 4 is 28.4 Å². The van der Waals surface area contributed by atoms with Crippen LogP contribution in [0.3, 0.4) is 0 Å². The molecule has 6 nitrogen and oxygen atoms in total. The molecule has 2 rings (SSSR count). The molecule has 0 spiro atoms. The number of rotatable bonds is 1. The maximum atomic E-state index is 11.1. The summed E-state index contributed by atoms with van der Waals surface area (Å²) in [5.41, 5.74) is 5.87. The van der Waals surface area contributed by atoms with Crippen LogP contribution in [0.4, 0.5) is 9.93 Å². The maximum Gasteiger partial charge on any atom is 0.322 e. The van der Waals surface area contributed by atoms with Crippen LogP contribution in [0.25, 0.3) is 0 Å². The number of carbonyl (C=O) groups excluding carboxylic acids is 2. The van der Waals surface area contributed by atoms with Crippen LogP contribution in [0.1, 0.15) is 11.7 Å². The highest BCUT2D eigenvalue weighted by Crippen LogP contribution is 2.20. The zero-order valence-corrected chi connectivity index (χ0v) is 7.22. The Morgan fingerprint density at radius 2 is 2.31 bits per heavy atom. The highest BCUT2D eigenvalue weighted by Gasteiger charge is 2.32. The number of hydrogen-bond acceptors (Lipinski definition) is 5. The maximum absolute atomic E-state index is 11.1. The van der Waals surface area contributed by atoms with Crippen LogP contribution in [-0.2, 0) is 4.79 Å². The molecule has 68 valence electrons. The second-order valence-corrected chi connectivity index (χ2v) is 3.40. The first-order valence-electron chi connectivity index (χ1n) is 3.49. The van der Waals surface area contributed by atoms with Gasteiger partial charge in [0.15, 0.2) is 11.2 Å². The third-order valence-corrected chi connectivity index (χ3v) is 2.30. The molecule has 1 aliphatic rings. The van der Waals surface area contributed by atoms with E-state index >= 15 is 0 Å². The van der Waals surface area contributed by atoms with Crippen LogP contribution in [0, 0.1) is 0 Å². The summed E-state index contributed by atoms with van der Waals surface area (Å²) in [4.78, 5) is 25.8. The number of thiazole rings is 1. The number of anilines is 1. The number of nitrogens with zero attached hydrogens (tertiary/aromatic N) is 1. The minimum absolute atomic E-state index is 0.379. The Kier molecular flexibility index (Phi) is 1.66. The predicted octanol–water partition coefficient (Wildman–Crippen LogP) is -0.394. The molecule has 1 saturated heterocycles. The van der Waals surface area contributed by atoms with Gasteiger partial charge < -0.3 is 11.1 Å². The molecule has 2 heterocycles. The van der Waals surface area contributed by atoms with Crippen LogP contribution >= 0.6 is 11.3 Å². The fourth-order valence-electron chi connectivity index (χ4n) is 1.06. The summed E-state index contributed by atoms with van der Waals surface area (Å²) >= 11 is 1.23. The first-order valence-corrected chi connectivity index (χ1v) is 4.37. The Labute approximate surface area is 77.1 Å². The molecule has 1 aromatic heterocycles. The Bertz CT molecular complexity index is 374. The normalized spacial score (nSPS) is 21.4. The molecule has 1 aromatic rings. The minimum Gasteiger partial charge on any atom is -0.375 e. The third-order valence-electron chi connectivity index (χ3n) is 1.61. The lowest BCUT2D eigenvalue weighted by Crippen LogP contribution is -2.22. The van der Waals surface area contributed by atoms with Gasteiger partial charge in [0.05, 0.1) is 5.69 Å². The van der Waals surface area contributed by atoms with Crippen molar-refractivity contribution in [1.29, 1.82) is 0 Å². The van der Waals surface area contributed by atoms with E-state index in [-0.39, 0.29) is 0 Å². The zero-order valence-electron chi connectivity index (χ0n) is 6.40. The molecule has 0 aliphatic carbocycles. The van der Waals surface area contributed by atoms with E-state index in [2.05, 4.69) is 15.6 Å². The smallest absolute Gasteiger partial charge is 0.322 e. The molecule has 0 saturated carbocycles. The number of urea groups is 1. The number of nitrogens with two attached hydrogens (primary N) is 1. The fourth-order valence-corrected chi connectivity index (χ4v) is 1.65. The van der Waals surface area contributed by atoms with Crippen LogP contribution in [0.2, 0.25) is 0 Å². The molecule has 3 amide bonds. The van der Waals surface area contributed by atoms with Gasteiger partial charge in [0.1, 0.15) is 0 Å². The van der Waals surface area contributed by atoms with Gasteiger partial charge in [-0.25, -0.2) is 9.78 Å². The van der Waals surface area contributed by atoms with E-state index in [9.17, 15) is 9.59 Å². The predicted molar refractivity (Wildman–Crippen MR) is 45.9 cm³/mol. The van der Waals surface area contributed by atoms with Gasteiger partial charge in [0.25, 0.3) is 5.91 Å². The van der Waals surface area contributed by atoms with Crippen molar-refractivity contribution < 1.29 is 9.59 Å². The Hall–Kier alpha value is -1.63. The van der Waals surface area contributed by atoms with E-state index in [0.29, 0.717) is 10.8 Å². The van der Waals surface area contributed by atoms with Crippen molar-refractivity contribution in [3.63, 3.8) is 0 Å². The molecule has 1 fully saturated rings. The first kappa shape index (κ1) is 7.99. The van der Waals surface area contributed by atoms with Gasteiger partial charge >= 0.3 is 6.03 Å². The van der Waals surface area contributed by atoms with Crippen LogP contribution in [-0.4, -0.2) is 16.9 Å². The Morgan fingerprint density at radius 3 is 2.77 bits per heavy atom. The number of amides is 3. The molecule has 4 N–H and O–H groups in total. The zero-order chi connectivity index (χ0) is 9.42. The number of carbonyl (C=O) groups is 2. The van der Waals surface area contributed by atoms with Gasteiger partial charge in [-0.3, -0.25) is 10.1 Å². The lowest BCUT2D eigenvalue weighted by atomic mass is 10.2. The SMILES string of the molecule is Nc1nc([C@@H]2NC(=O)NC2=O)cs1. The largest absolute Gasteiger partial charge is 0.375 e. The van der Waals surface area contributed by atoms with Crippen molar-refractivity contribution in [2.75, 3.05) is 5.73 Å². The van der Waals surface area contributed by atoms with Crippen molar-refractivity contribution in [3.05, 3.63) is 11.1 Å². The summed E-state index contributed by atoms with van der Waals surface area (Å²) in [6, 6.07) is -1.19. The fraction of sp³-hybridized carbons (Fsp3) is 0.167. The summed E-state index contributed by atoms with van der Waals surface area (Å²) in [5, 5.41) is 6.55. The summed E-state index contributed by atoms with van der Waals surface area (Å²) in [7, 11) is 0. The van der Waals surface area contributed by atoms with E-state index in [1.165, 1.54) is 11.3 Å².